The van der Waals surface area contributed by atoms with Crippen molar-refractivity contribution in [2.75, 3.05) is 0 Å². The molecule has 2 rings (SSSR count). The Balaban J connectivity index is 1.90. The van der Waals surface area contributed by atoms with Gasteiger partial charge in [0.1, 0.15) is 5.75 Å². The molecule has 0 radical (unpaired) electrons. The SMILES string of the molecule is CC(Oc1ccc(Cl)cc1Cl)C(=O)NN=Cc1ccoc1. The van der Waals surface area contributed by atoms with Crippen LogP contribution in [0.15, 0.2) is 46.3 Å². The number of hydrogen-bond donors (Lipinski definition) is 1. The predicted octanol–water partition coefficient (Wildman–Crippen LogP) is 3.50. The van der Waals surface area contributed by atoms with Crippen LogP contribution in [0.25, 0.3) is 0 Å². The topological polar surface area (TPSA) is 63.8 Å². The molecule has 0 aliphatic rings. The number of carbonyl (C=O) groups excluding carboxylic acids is 1. The third-order valence-corrected chi connectivity index (χ3v) is 3.03. The number of nitrogens with zero attached hydrogens (tertiary/aromatic N) is 1. The second kappa shape index (κ2) is 7.15. The summed E-state index contributed by atoms with van der Waals surface area (Å²) < 4.78 is 10.3. The van der Waals surface area contributed by atoms with E-state index in [0.717, 1.165) is 5.56 Å². The Labute approximate surface area is 131 Å². The minimum Gasteiger partial charge on any atom is -0.479 e. The molecule has 0 bridgehead atoms. The summed E-state index contributed by atoms with van der Waals surface area (Å²) in [5, 5.41) is 4.63. The van der Waals surface area contributed by atoms with E-state index in [-0.39, 0.29) is 0 Å². The number of halogens is 2. The van der Waals surface area contributed by atoms with Gasteiger partial charge in [0.2, 0.25) is 0 Å². The third kappa shape index (κ3) is 4.51. The smallest absolute Gasteiger partial charge is 0.280 e. The molecule has 1 aromatic heterocycles. The van der Waals surface area contributed by atoms with Crippen LogP contribution in [0, 0.1) is 0 Å². The van der Waals surface area contributed by atoms with Crippen LogP contribution < -0.4 is 10.2 Å². The van der Waals surface area contributed by atoms with Gasteiger partial charge in [0, 0.05) is 10.6 Å². The Kier molecular flexibility index (Phi) is 5.25. The number of ether oxygens (including phenoxy) is 1. The van der Waals surface area contributed by atoms with Gasteiger partial charge < -0.3 is 9.15 Å². The summed E-state index contributed by atoms with van der Waals surface area (Å²) in [7, 11) is 0. The second-order valence-electron chi connectivity index (χ2n) is 4.13. The number of carbonyl (C=O) groups is 1. The van der Waals surface area contributed by atoms with Crippen LogP contribution in [0.2, 0.25) is 10.0 Å². The number of hydrazone groups is 1. The van der Waals surface area contributed by atoms with Crippen molar-refractivity contribution in [3.63, 3.8) is 0 Å². The van der Waals surface area contributed by atoms with Crippen LogP contribution in [-0.2, 0) is 4.79 Å². The van der Waals surface area contributed by atoms with E-state index in [2.05, 4.69) is 10.5 Å². The van der Waals surface area contributed by atoms with Crippen LogP contribution in [-0.4, -0.2) is 18.2 Å². The van der Waals surface area contributed by atoms with Crippen LogP contribution in [0.1, 0.15) is 12.5 Å². The van der Waals surface area contributed by atoms with E-state index < -0.39 is 12.0 Å². The number of hydrogen-bond acceptors (Lipinski definition) is 4. The first-order chi connectivity index (χ1) is 10.1. The summed E-state index contributed by atoms with van der Waals surface area (Å²) in [6.45, 7) is 1.59. The zero-order valence-electron chi connectivity index (χ0n) is 11.0. The van der Waals surface area contributed by atoms with Gasteiger partial charge in [0.25, 0.3) is 5.91 Å². The summed E-state index contributed by atoms with van der Waals surface area (Å²) >= 11 is 11.8. The van der Waals surface area contributed by atoms with Crippen molar-refractivity contribution in [2.45, 2.75) is 13.0 Å². The van der Waals surface area contributed by atoms with E-state index in [1.54, 1.807) is 31.2 Å². The highest BCUT2D eigenvalue weighted by Gasteiger charge is 2.15. The Hall–Kier alpha value is -1.98. The van der Waals surface area contributed by atoms with Crippen LogP contribution in [0.3, 0.4) is 0 Å². The molecule has 2 aromatic rings. The van der Waals surface area contributed by atoms with Crippen molar-refractivity contribution in [1.82, 2.24) is 5.43 Å². The number of rotatable bonds is 5. The molecule has 110 valence electrons. The molecule has 1 N–H and O–H groups in total. The first kappa shape index (κ1) is 15.4. The molecule has 1 atom stereocenters. The van der Waals surface area contributed by atoms with Gasteiger partial charge in [-0.2, -0.15) is 5.10 Å². The molecule has 21 heavy (non-hydrogen) atoms. The molecule has 0 saturated carbocycles. The minimum absolute atomic E-state index is 0.337. The van der Waals surface area contributed by atoms with Crippen molar-refractivity contribution in [2.24, 2.45) is 5.10 Å². The van der Waals surface area contributed by atoms with Gasteiger partial charge in [-0.25, -0.2) is 5.43 Å². The quantitative estimate of drug-likeness (QED) is 0.675. The van der Waals surface area contributed by atoms with Gasteiger partial charge >= 0.3 is 0 Å². The standard InChI is InChI=1S/C14H12Cl2N2O3/c1-9(21-13-3-2-11(15)6-12(13)16)14(19)18-17-7-10-4-5-20-8-10/h2-9H,1H3,(H,18,19). The summed E-state index contributed by atoms with van der Waals surface area (Å²) in [6.07, 6.45) is 3.72. The summed E-state index contributed by atoms with van der Waals surface area (Å²) in [6, 6.07) is 6.48. The lowest BCUT2D eigenvalue weighted by atomic mass is 10.3. The average molecular weight is 327 g/mol. The van der Waals surface area contributed by atoms with Gasteiger partial charge in [-0.3, -0.25) is 4.79 Å². The number of nitrogens with one attached hydrogen (secondary N) is 1. The van der Waals surface area contributed by atoms with Gasteiger partial charge in [0.15, 0.2) is 6.10 Å². The Morgan fingerprint density at radius 2 is 2.24 bits per heavy atom. The maximum atomic E-state index is 11.8. The predicted molar refractivity (Wildman–Crippen MR) is 81.0 cm³/mol. The largest absolute Gasteiger partial charge is 0.479 e. The highest BCUT2D eigenvalue weighted by molar-refractivity contribution is 6.35. The minimum atomic E-state index is -0.759. The summed E-state index contributed by atoms with van der Waals surface area (Å²) in [4.78, 5) is 11.8. The van der Waals surface area contributed by atoms with E-state index >= 15 is 0 Å². The summed E-state index contributed by atoms with van der Waals surface area (Å²) in [5.41, 5.74) is 3.11. The molecule has 1 heterocycles. The molecule has 5 nitrogen and oxygen atoms in total. The Morgan fingerprint density at radius 3 is 2.90 bits per heavy atom. The fourth-order valence-electron chi connectivity index (χ4n) is 1.42. The molecule has 1 aromatic carbocycles. The van der Waals surface area contributed by atoms with Gasteiger partial charge in [-0.15, -0.1) is 0 Å². The van der Waals surface area contributed by atoms with Gasteiger partial charge in [-0.1, -0.05) is 23.2 Å². The number of benzene rings is 1. The molecular weight excluding hydrogens is 315 g/mol. The molecular formula is C14H12Cl2N2O3. The van der Waals surface area contributed by atoms with Crippen LogP contribution in [0.4, 0.5) is 0 Å². The van der Waals surface area contributed by atoms with E-state index in [9.17, 15) is 4.79 Å². The van der Waals surface area contributed by atoms with E-state index in [0.29, 0.717) is 15.8 Å². The molecule has 1 amide bonds. The first-order valence-electron chi connectivity index (χ1n) is 6.03. The zero-order chi connectivity index (χ0) is 15.2. The van der Waals surface area contributed by atoms with E-state index in [1.807, 2.05) is 0 Å². The van der Waals surface area contributed by atoms with Crippen molar-refractivity contribution < 1.29 is 13.9 Å². The first-order valence-corrected chi connectivity index (χ1v) is 6.78. The Bertz CT molecular complexity index is 642. The van der Waals surface area contributed by atoms with Crippen molar-refractivity contribution in [1.29, 1.82) is 0 Å². The molecule has 1 unspecified atom stereocenters. The third-order valence-electron chi connectivity index (χ3n) is 2.50. The van der Waals surface area contributed by atoms with Crippen LogP contribution in [0.5, 0.6) is 5.75 Å². The monoisotopic (exact) mass is 326 g/mol. The lowest BCUT2D eigenvalue weighted by Gasteiger charge is -2.14. The Morgan fingerprint density at radius 1 is 1.43 bits per heavy atom. The number of furan rings is 1. The molecule has 0 aliphatic carbocycles. The van der Waals surface area contributed by atoms with Crippen molar-refractivity contribution >= 4 is 35.3 Å². The van der Waals surface area contributed by atoms with Gasteiger partial charge in [-0.05, 0) is 31.2 Å². The van der Waals surface area contributed by atoms with Crippen molar-refractivity contribution in [3.05, 3.63) is 52.4 Å². The fourth-order valence-corrected chi connectivity index (χ4v) is 1.88. The second-order valence-corrected chi connectivity index (χ2v) is 4.97. The molecule has 0 spiro atoms. The number of amides is 1. The fraction of sp³-hybridized carbons (Fsp3) is 0.143. The van der Waals surface area contributed by atoms with E-state index in [4.69, 9.17) is 32.4 Å². The average Bonchev–Trinajstić information content (AvgIpc) is 2.95. The maximum Gasteiger partial charge on any atom is 0.280 e. The molecule has 0 saturated heterocycles. The molecule has 0 fully saturated rings. The van der Waals surface area contributed by atoms with Gasteiger partial charge in [0.05, 0.1) is 23.8 Å². The lowest BCUT2D eigenvalue weighted by Crippen LogP contribution is -2.33. The van der Waals surface area contributed by atoms with E-state index in [1.165, 1.54) is 18.7 Å². The molecule has 0 aliphatic heterocycles. The maximum absolute atomic E-state index is 11.8. The normalized spacial score (nSPS) is 12.3. The summed E-state index contributed by atoms with van der Waals surface area (Å²) in [5.74, 6) is -0.0247. The van der Waals surface area contributed by atoms with Crippen LogP contribution >= 0.6 is 23.2 Å². The highest BCUT2D eigenvalue weighted by Crippen LogP contribution is 2.28. The lowest BCUT2D eigenvalue weighted by molar-refractivity contribution is -0.127. The molecule has 7 heteroatoms. The highest BCUT2D eigenvalue weighted by atomic mass is 35.5. The van der Waals surface area contributed by atoms with Crippen molar-refractivity contribution in [3.8, 4) is 5.75 Å². The zero-order valence-corrected chi connectivity index (χ0v) is 12.6.